The molecule has 5 rings (SSSR count). The molecule has 2 aromatic carbocycles. The Morgan fingerprint density at radius 2 is 2.03 bits per heavy atom. The van der Waals surface area contributed by atoms with Crippen LogP contribution in [-0.2, 0) is 4.79 Å². The maximum atomic E-state index is 12.6. The van der Waals surface area contributed by atoms with Crippen LogP contribution in [0.5, 0.6) is 5.88 Å². The number of aliphatic hydroxyl groups excluding tert-OH is 2. The molecule has 3 N–H and O–H groups in total. The number of amides is 1. The van der Waals surface area contributed by atoms with E-state index in [1.807, 2.05) is 24.3 Å². The number of nitrogens with one attached hydrogen (secondary N) is 1. The molecule has 3 aromatic rings. The summed E-state index contributed by atoms with van der Waals surface area (Å²) < 4.78 is 10.1. The van der Waals surface area contributed by atoms with Crippen LogP contribution in [0.1, 0.15) is 17.7 Å². The summed E-state index contributed by atoms with van der Waals surface area (Å²) in [4.78, 5) is 14.7. The monoisotopic (exact) mass is 453 g/mol. The molecular formula is C23H20ClN3O5. The van der Waals surface area contributed by atoms with Gasteiger partial charge in [-0.2, -0.15) is 0 Å². The van der Waals surface area contributed by atoms with Crippen LogP contribution in [0.25, 0.3) is 22.5 Å². The van der Waals surface area contributed by atoms with Crippen LogP contribution < -0.4 is 15.0 Å². The normalized spacial score (nSPS) is 19.2. The van der Waals surface area contributed by atoms with Crippen LogP contribution in [0.4, 0.5) is 11.4 Å². The molecule has 2 aliphatic heterocycles. The highest BCUT2D eigenvalue weighted by molar-refractivity contribution is 6.38. The van der Waals surface area contributed by atoms with Crippen LogP contribution in [0, 0.1) is 0 Å². The topological polar surface area (TPSA) is 108 Å². The van der Waals surface area contributed by atoms with Crippen LogP contribution in [0.2, 0.25) is 5.02 Å². The van der Waals surface area contributed by atoms with Crippen LogP contribution in [0.3, 0.4) is 0 Å². The number of methoxy groups -OCH3 is 1. The summed E-state index contributed by atoms with van der Waals surface area (Å²) in [7, 11) is 1.43. The minimum Gasteiger partial charge on any atom is -0.504 e. The van der Waals surface area contributed by atoms with Gasteiger partial charge in [-0.1, -0.05) is 23.7 Å². The first-order valence-electron chi connectivity index (χ1n) is 10.1. The smallest absolute Gasteiger partial charge is 0.260 e. The molecule has 0 aliphatic carbocycles. The second kappa shape index (κ2) is 7.89. The van der Waals surface area contributed by atoms with Crippen molar-refractivity contribution < 1.29 is 24.3 Å². The van der Waals surface area contributed by atoms with Crippen LogP contribution in [0.15, 0.2) is 47.0 Å². The predicted molar refractivity (Wildman–Crippen MR) is 121 cm³/mol. The number of ether oxygens (including phenoxy) is 1. The van der Waals surface area contributed by atoms with Crippen molar-refractivity contribution >= 4 is 40.2 Å². The van der Waals surface area contributed by atoms with E-state index in [-0.39, 0.29) is 29.1 Å². The average molecular weight is 454 g/mol. The molecule has 9 heteroatoms. The number of carbonyl (C=O) groups excluding carboxylic acids is 1. The third-order valence-corrected chi connectivity index (χ3v) is 6.04. The van der Waals surface area contributed by atoms with Gasteiger partial charge in [-0.05, 0) is 41.4 Å². The number of halogens is 1. The van der Waals surface area contributed by atoms with Crippen molar-refractivity contribution in [2.75, 3.05) is 30.4 Å². The maximum Gasteiger partial charge on any atom is 0.260 e. The zero-order valence-corrected chi connectivity index (χ0v) is 17.9. The number of benzene rings is 2. The largest absolute Gasteiger partial charge is 0.504 e. The minimum atomic E-state index is -0.468. The molecule has 1 aromatic heterocycles. The van der Waals surface area contributed by atoms with Gasteiger partial charge in [-0.25, -0.2) is 0 Å². The molecule has 3 heterocycles. The number of fused-ring (bicyclic) bond motifs is 1. The lowest BCUT2D eigenvalue weighted by molar-refractivity contribution is -0.110. The zero-order valence-electron chi connectivity index (χ0n) is 17.1. The van der Waals surface area contributed by atoms with E-state index in [4.69, 9.17) is 20.9 Å². The van der Waals surface area contributed by atoms with E-state index in [9.17, 15) is 15.0 Å². The summed E-state index contributed by atoms with van der Waals surface area (Å²) in [6.07, 6.45) is 0.461. The minimum absolute atomic E-state index is 0.0218. The van der Waals surface area contributed by atoms with Crippen molar-refractivity contribution in [1.29, 1.82) is 0 Å². The van der Waals surface area contributed by atoms with Gasteiger partial charge in [-0.15, -0.1) is 0 Å². The number of carbonyl (C=O) groups is 1. The highest BCUT2D eigenvalue weighted by atomic mass is 35.5. The van der Waals surface area contributed by atoms with Gasteiger partial charge in [0.05, 0.1) is 35.6 Å². The Hall–Kier alpha value is -3.49. The number of nitrogens with zero attached hydrogens (tertiary/aromatic N) is 2. The molecule has 2 aliphatic rings. The fraction of sp³-hybridized carbons (Fsp3) is 0.217. The molecule has 32 heavy (non-hydrogen) atoms. The van der Waals surface area contributed by atoms with Gasteiger partial charge >= 0.3 is 0 Å². The van der Waals surface area contributed by atoms with E-state index in [1.165, 1.54) is 13.2 Å². The number of aliphatic hydroxyl groups is 2. The Morgan fingerprint density at radius 3 is 2.69 bits per heavy atom. The fourth-order valence-electron chi connectivity index (χ4n) is 4.07. The van der Waals surface area contributed by atoms with E-state index >= 15 is 0 Å². The Morgan fingerprint density at radius 1 is 1.25 bits per heavy atom. The lowest BCUT2D eigenvalue weighted by atomic mass is 9.98. The molecule has 0 bridgehead atoms. The Balaban J connectivity index is 1.53. The van der Waals surface area contributed by atoms with Gasteiger partial charge in [0.2, 0.25) is 5.76 Å². The number of anilines is 2. The first-order valence-corrected chi connectivity index (χ1v) is 10.5. The Bertz CT molecular complexity index is 1230. The van der Waals surface area contributed by atoms with E-state index in [1.54, 1.807) is 12.1 Å². The summed E-state index contributed by atoms with van der Waals surface area (Å²) in [5, 5.41) is 27.4. The van der Waals surface area contributed by atoms with Crippen molar-refractivity contribution in [1.82, 2.24) is 5.16 Å². The summed E-state index contributed by atoms with van der Waals surface area (Å²) in [5.74, 6) is -0.598. The first kappa shape index (κ1) is 20.4. The molecular weight excluding hydrogens is 434 g/mol. The van der Waals surface area contributed by atoms with E-state index in [2.05, 4.69) is 15.4 Å². The highest BCUT2D eigenvalue weighted by Gasteiger charge is 2.31. The summed E-state index contributed by atoms with van der Waals surface area (Å²) >= 11 is 6.52. The molecule has 1 fully saturated rings. The van der Waals surface area contributed by atoms with E-state index in [0.717, 1.165) is 29.8 Å². The van der Waals surface area contributed by atoms with Crippen molar-refractivity contribution in [2.24, 2.45) is 0 Å². The average Bonchev–Trinajstić information content (AvgIpc) is 3.51. The van der Waals surface area contributed by atoms with E-state index in [0.29, 0.717) is 22.8 Å². The van der Waals surface area contributed by atoms with Gasteiger partial charge in [-0.3, -0.25) is 4.79 Å². The summed E-state index contributed by atoms with van der Waals surface area (Å²) in [5.41, 5.74) is 3.68. The maximum absolute atomic E-state index is 12.6. The predicted octanol–water partition coefficient (Wildman–Crippen LogP) is 3.95. The molecule has 0 saturated carbocycles. The number of aromatic nitrogens is 1. The van der Waals surface area contributed by atoms with Crippen LogP contribution in [-0.4, -0.2) is 47.6 Å². The fourth-order valence-corrected chi connectivity index (χ4v) is 4.34. The molecule has 1 saturated heterocycles. The Kier molecular flexibility index (Phi) is 5.03. The molecule has 1 unspecified atom stereocenters. The van der Waals surface area contributed by atoms with E-state index < -0.39 is 5.91 Å². The zero-order chi connectivity index (χ0) is 22.4. The van der Waals surface area contributed by atoms with Gasteiger partial charge in [0.15, 0.2) is 5.76 Å². The third kappa shape index (κ3) is 3.47. The van der Waals surface area contributed by atoms with Crippen molar-refractivity contribution in [3.05, 3.63) is 58.8 Å². The van der Waals surface area contributed by atoms with Crippen molar-refractivity contribution in [3.8, 4) is 17.0 Å². The number of hydrogen-bond acceptors (Lipinski definition) is 7. The molecule has 164 valence electrons. The van der Waals surface area contributed by atoms with Crippen molar-refractivity contribution in [3.63, 3.8) is 0 Å². The quantitative estimate of drug-likeness (QED) is 0.405. The third-order valence-electron chi connectivity index (χ3n) is 5.73. The highest BCUT2D eigenvalue weighted by Crippen LogP contribution is 2.42. The van der Waals surface area contributed by atoms with Gasteiger partial charge in [0, 0.05) is 29.9 Å². The summed E-state index contributed by atoms with van der Waals surface area (Å²) in [6.45, 7) is 1.43. The lowest BCUT2D eigenvalue weighted by Crippen LogP contribution is -2.20. The summed E-state index contributed by atoms with van der Waals surface area (Å²) in [6, 6.07) is 12.7. The molecule has 0 spiro atoms. The molecule has 1 atom stereocenters. The Labute approximate surface area is 188 Å². The second-order valence-electron chi connectivity index (χ2n) is 7.72. The number of hydrogen-bond donors (Lipinski definition) is 3. The van der Waals surface area contributed by atoms with Gasteiger partial charge < -0.3 is 29.7 Å². The molecule has 8 nitrogen and oxygen atoms in total. The SMILES string of the molecule is COc1cc(C(O)=C2C(=O)Nc3cc(Cl)c(-c4ccc(N5CCC(O)C5)cc4)cc32)on1. The molecule has 0 radical (unpaired) electrons. The standard InChI is InChI=1S/C23H20ClN3O5/c1-31-20-10-19(32-26-20)22(29)21-16-8-15(17(24)9-18(16)25-23(21)30)12-2-4-13(5-3-12)27-7-6-14(28)11-27/h2-5,8-10,14,28-29H,6-7,11H2,1H3,(H,25,30). The number of β-amino-alcohol motifs (C(OH)–C–C–N with tert-alkyl or cyclic N) is 1. The second-order valence-corrected chi connectivity index (χ2v) is 8.13. The first-order chi connectivity index (χ1) is 15.4. The van der Waals surface area contributed by atoms with Gasteiger partial charge in [0.1, 0.15) is 0 Å². The van der Waals surface area contributed by atoms with Gasteiger partial charge in [0.25, 0.3) is 11.8 Å². The lowest BCUT2D eigenvalue weighted by Gasteiger charge is -2.18. The van der Waals surface area contributed by atoms with Crippen LogP contribution >= 0.6 is 11.6 Å². The molecule has 1 amide bonds. The number of rotatable bonds is 4. The van der Waals surface area contributed by atoms with Crippen molar-refractivity contribution in [2.45, 2.75) is 12.5 Å².